The summed E-state index contributed by atoms with van der Waals surface area (Å²) < 4.78 is 0. The van der Waals surface area contributed by atoms with E-state index in [1.807, 2.05) is 97.1 Å². The zero-order valence-corrected chi connectivity index (χ0v) is 24.7. The highest BCUT2D eigenvalue weighted by atomic mass is 16.2. The summed E-state index contributed by atoms with van der Waals surface area (Å²) >= 11 is 0. The number of para-hydroxylation sites is 1. The van der Waals surface area contributed by atoms with Gasteiger partial charge in [0, 0.05) is 43.2 Å². The molecule has 3 amide bonds. The predicted octanol–water partition coefficient (Wildman–Crippen LogP) is 5.77. The number of rotatable bonds is 9. The van der Waals surface area contributed by atoms with Crippen molar-refractivity contribution in [2.75, 3.05) is 7.05 Å². The van der Waals surface area contributed by atoms with Crippen molar-refractivity contribution in [1.82, 2.24) is 20.5 Å². The average Bonchev–Trinajstić information content (AvgIpc) is 3.49. The van der Waals surface area contributed by atoms with Gasteiger partial charge in [-0.05, 0) is 40.8 Å². The number of likely N-dealkylation sites (N-methyl/N-ethyl adjacent to an activating group) is 1. The lowest BCUT2D eigenvalue weighted by molar-refractivity contribution is -0.137. The largest absolute Gasteiger partial charge is 0.360 e. The molecule has 7 heteroatoms. The van der Waals surface area contributed by atoms with Crippen molar-refractivity contribution in [3.8, 4) is 0 Å². The first-order chi connectivity index (χ1) is 21.5. The number of H-pyrrole nitrogens is 1. The number of amides is 3. The molecule has 0 saturated heterocycles. The number of nitrogens with zero attached hydrogens (tertiary/aromatic N) is 1. The van der Waals surface area contributed by atoms with Crippen molar-refractivity contribution in [3.63, 3.8) is 0 Å². The van der Waals surface area contributed by atoms with Gasteiger partial charge >= 0.3 is 0 Å². The van der Waals surface area contributed by atoms with Crippen molar-refractivity contribution < 1.29 is 14.4 Å². The summed E-state index contributed by atoms with van der Waals surface area (Å²) in [5.74, 6) is -1.15. The third kappa shape index (κ3) is 6.42. The number of aromatic nitrogens is 1. The van der Waals surface area contributed by atoms with E-state index in [1.54, 1.807) is 18.1 Å². The fourth-order valence-corrected chi connectivity index (χ4v) is 6.05. The molecule has 0 spiro atoms. The first kappa shape index (κ1) is 28.9. The van der Waals surface area contributed by atoms with E-state index in [0.717, 1.165) is 32.8 Å². The van der Waals surface area contributed by atoms with E-state index in [2.05, 4.69) is 27.8 Å². The number of carbonyl (C=O) groups excluding carboxylic acids is 3. The SMILES string of the molecule is CN(Cc1ccccc1)C(=O)[C@H](Cc1ccc2ccccc2c1)NC(=O)[C@@H]1CC=CC[C@@H]1NC(=O)c1c[nH]c2ccccc12. The molecule has 1 aromatic heterocycles. The molecule has 0 fully saturated rings. The minimum absolute atomic E-state index is 0.166. The quantitative estimate of drug-likeness (QED) is 0.192. The Labute approximate surface area is 257 Å². The third-order valence-corrected chi connectivity index (χ3v) is 8.43. The van der Waals surface area contributed by atoms with Crippen LogP contribution >= 0.6 is 0 Å². The highest BCUT2D eigenvalue weighted by Crippen LogP contribution is 2.24. The minimum atomic E-state index is -0.770. The zero-order chi connectivity index (χ0) is 30.5. The molecule has 1 heterocycles. The molecule has 3 atom stereocenters. The van der Waals surface area contributed by atoms with E-state index in [1.165, 1.54) is 0 Å². The number of aromatic amines is 1. The predicted molar refractivity (Wildman–Crippen MR) is 174 cm³/mol. The number of allylic oxidation sites excluding steroid dienone is 1. The molecule has 1 aliphatic carbocycles. The Kier molecular flexibility index (Phi) is 8.55. The average molecular weight is 585 g/mol. The lowest BCUT2D eigenvalue weighted by atomic mass is 9.87. The van der Waals surface area contributed by atoms with E-state index in [4.69, 9.17) is 0 Å². The van der Waals surface area contributed by atoms with Gasteiger partial charge in [0.25, 0.3) is 5.91 Å². The van der Waals surface area contributed by atoms with E-state index in [0.29, 0.717) is 31.4 Å². The fraction of sp³-hybridized carbons (Fsp3) is 0.216. The van der Waals surface area contributed by atoms with Gasteiger partial charge in [-0.15, -0.1) is 0 Å². The molecule has 0 unspecified atom stereocenters. The Bertz CT molecular complexity index is 1830. The summed E-state index contributed by atoms with van der Waals surface area (Å²) in [6.45, 7) is 0.430. The third-order valence-electron chi connectivity index (χ3n) is 8.43. The number of benzene rings is 4. The minimum Gasteiger partial charge on any atom is -0.360 e. The van der Waals surface area contributed by atoms with Gasteiger partial charge in [-0.25, -0.2) is 0 Å². The number of fused-ring (bicyclic) bond motifs is 2. The van der Waals surface area contributed by atoms with Crippen LogP contribution in [0, 0.1) is 5.92 Å². The Morgan fingerprint density at radius 1 is 0.841 bits per heavy atom. The van der Waals surface area contributed by atoms with Crippen LogP contribution in [0.3, 0.4) is 0 Å². The summed E-state index contributed by atoms with van der Waals surface area (Å²) in [5, 5.41) is 9.23. The second-order valence-corrected chi connectivity index (χ2v) is 11.5. The summed E-state index contributed by atoms with van der Waals surface area (Å²) in [5.41, 5.74) is 3.39. The van der Waals surface area contributed by atoms with Gasteiger partial charge in [0.1, 0.15) is 6.04 Å². The summed E-state index contributed by atoms with van der Waals surface area (Å²) in [7, 11) is 1.77. The Morgan fingerprint density at radius 2 is 1.57 bits per heavy atom. The molecule has 3 N–H and O–H groups in total. The zero-order valence-electron chi connectivity index (χ0n) is 24.7. The molecule has 1 aliphatic rings. The Morgan fingerprint density at radius 3 is 2.41 bits per heavy atom. The van der Waals surface area contributed by atoms with Crippen LogP contribution in [0.5, 0.6) is 0 Å². The van der Waals surface area contributed by atoms with Gasteiger partial charge in [-0.3, -0.25) is 14.4 Å². The number of carbonyl (C=O) groups is 3. The van der Waals surface area contributed by atoms with Crippen molar-refractivity contribution >= 4 is 39.4 Å². The maximum atomic E-state index is 13.9. The topological polar surface area (TPSA) is 94.3 Å². The van der Waals surface area contributed by atoms with Gasteiger partial charge in [-0.2, -0.15) is 0 Å². The van der Waals surface area contributed by atoms with Crippen LogP contribution in [0.1, 0.15) is 34.3 Å². The van der Waals surface area contributed by atoms with Gasteiger partial charge in [0.05, 0.1) is 11.5 Å². The van der Waals surface area contributed by atoms with E-state index < -0.39 is 18.0 Å². The molecular formula is C37H36N4O3. The van der Waals surface area contributed by atoms with Gasteiger partial charge in [0.15, 0.2) is 0 Å². The van der Waals surface area contributed by atoms with Crippen LogP contribution in [-0.2, 0) is 22.6 Å². The highest BCUT2D eigenvalue weighted by Gasteiger charge is 2.34. The van der Waals surface area contributed by atoms with E-state index >= 15 is 0 Å². The Hall–Kier alpha value is -5.17. The summed E-state index contributed by atoms with van der Waals surface area (Å²) in [6.07, 6.45) is 7.03. The van der Waals surface area contributed by atoms with Crippen molar-refractivity contribution in [1.29, 1.82) is 0 Å². The van der Waals surface area contributed by atoms with Crippen molar-refractivity contribution in [3.05, 3.63) is 132 Å². The molecule has 0 radical (unpaired) electrons. The first-order valence-corrected chi connectivity index (χ1v) is 15.0. The van der Waals surface area contributed by atoms with Crippen LogP contribution < -0.4 is 10.6 Å². The lowest BCUT2D eigenvalue weighted by Gasteiger charge is -2.31. The monoisotopic (exact) mass is 584 g/mol. The van der Waals surface area contributed by atoms with Gasteiger partial charge < -0.3 is 20.5 Å². The number of nitrogens with one attached hydrogen (secondary N) is 3. The van der Waals surface area contributed by atoms with E-state index in [9.17, 15) is 14.4 Å². The molecule has 4 aromatic carbocycles. The fourth-order valence-electron chi connectivity index (χ4n) is 6.05. The molecule has 0 saturated carbocycles. The molecule has 222 valence electrons. The maximum Gasteiger partial charge on any atom is 0.253 e. The standard InChI is InChI=1S/C37H36N4O3/c1-41(24-25-11-3-2-4-12-25)37(44)34(22-26-19-20-27-13-5-6-14-28(27)21-26)40-35(42)30-16-8-10-18-33(30)39-36(43)31-23-38-32-17-9-7-15-29(31)32/h2-15,17,19-21,23,30,33-34,38H,16,18,22,24H2,1H3,(H,39,43)(H,40,42)/t30-,33+,34+/m1/s1. The first-order valence-electron chi connectivity index (χ1n) is 15.0. The van der Waals surface area contributed by atoms with E-state index in [-0.39, 0.29) is 17.7 Å². The number of hydrogen-bond donors (Lipinski definition) is 3. The summed E-state index contributed by atoms with van der Waals surface area (Å²) in [6, 6.07) is 30.5. The molecule has 5 aromatic rings. The second kappa shape index (κ2) is 13.0. The number of hydrogen-bond acceptors (Lipinski definition) is 3. The molecule has 7 nitrogen and oxygen atoms in total. The Balaban J connectivity index is 1.22. The normalized spacial score (nSPS) is 16.8. The van der Waals surface area contributed by atoms with Crippen LogP contribution in [-0.4, -0.2) is 46.7 Å². The smallest absolute Gasteiger partial charge is 0.253 e. The summed E-state index contributed by atoms with van der Waals surface area (Å²) in [4.78, 5) is 46.0. The van der Waals surface area contributed by atoms with Crippen molar-refractivity contribution in [2.24, 2.45) is 5.92 Å². The second-order valence-electron chi connectivity index (χ2n) is 11.5. The molecule has 6 rings (SSSR count). The van der Waals surface area contributed by atoms with Crippen LogP contribution in [0.2, 0.25) is 0 Å². The molecule has 0 aliphatic heterocycles. The molecular weight excluding hydrogens is 548 g/mol. The van der Waals surface area contributed by atoms with Gasteiger partial charge in [0.2, 0.25) is 11.8 Å². The highest BCUT2D eigenvalue weighted by molar-refractivity contribution is 6.07. The molecule has 0 bridgehead atoms. The maximum absolute atomic E-state index is 13.9. The van der Waals surface area contributed by atoms with Crippen LogP contribution in [0.25, 0.3) is 21.7 Å². The lowest BCUT2D eigenvalue weighted by Crippen LogP contribution is -2.53. The van der Waals surface area contributed by atoms with Gasteiger partial charge in [-0.1, -0.05) is 103 Å². The molecule has 44 heavy (non-hydrogen) atoms. The van der Waals surface area contributed by atoms with Crippen LogP contribution in [0.4, 0.5) is 0 Å². The van der Waals surface area contributed by atoms with Crippen molar-refractivity contribution in [2.45, 2.75) is 37.9 Å². The van der Waals surface area contributed by atoms with Crippen LogP contribution in [0.15, 0.2) is 115 Å².